The Labute approximate surface area is 160 Å². The monoisotopic (exact) mass is 360 g/mol. The van der Waals surface area contributed by atoms with Crippen LogP contribution in [0, 0.1) is 0 Å². The van der Waals surface area contributed by atoms with Crippen molar-refractivity contribution in [1.82, 2.24) is 10.3 Å². The molecule has 1 unspecified atom stereocenters. The molecule has 3 rings (SSSR count). The van der Waals surface area contributed by atoms with Crippen LogP contribution in [0.4, 0.5) is 17.1 Å². The number of anilines is 3. The molecule has 1 heterocycles. The van der Waals surface area contributed by atoms with E-state index >= 15 is 0 Å². The summed E-state index contributed by atoms with van der Waals surface area (Å²) in [5, 5.41) is 6.30. The first-order valence-electron chi connectivity index (χ1n) is 8.89. The fourth-order valence-corrected chi connectivity index (χ4v) is 2.74. The Kier molecular flexibility index (Phi) is 5.71. The van der Waals surface area contributed by atoms with Gasteiger partial charge in [-0.05, 0) is 48.9 Å². The highest BCUT2D eigenvalue weighted by Gasteiger charge is 2.13. The predicted octanol–water partition coefficient (Wildman–Crippen LogP) is 4.38. The van der Waals surface area contributed by atoms with Crippen molar-refractivity contribution in [2.45, 2.75) is 13.0 Å². The van der Waals surface area contributed by atoms with Gasteiger partial charge in [-0.3, -0.25) is 9.78 Å². The van der Waals surface area contributed by atoms with Gasteiger partial charge >= 0.3 is 0 Å². The molecule has 3 aromatic rings. The average Bonchev–Trinajstić information content (AvgIpc) is 2.69. The summed E-state index contributed by atoms with van der Waals surface area (Å²) in [7, 11) is 4.01. The van der Waals surface area contributed by atoms with Gasteiger partial charge in [-0.15, -0.1) is 0 Å². The highest BCUT2D eigenvalue weighted by Crippen LogP contribution is 2.20. The van der Waals surface area contributed by atoms with Crippen molar-refractivity contribution >= 4 is 23.0 Å². The van der Waals surface area contributed by atoms with Crippen LogP contribution in [-0.2, 0) is 0 Å². The molecule has 1 amide bonds. The van der Waals surface area contributed by atoms with Gasteiger partial charge in [-0.1, -0.05) is 30.3 Å². The molecule has 0 radical (unpaired) electrons. The second-order valence-electron chi connectivity index (χ2n) is 6.60. The maximum absolute atomic E-state index is 12.5. The van der Waals surface area contributed by atoms with Crippen molar-refractivity contribution in [3.8, 4) is 0 Å². The van der Waals surface area contributed by atoms with Crippen LogP contribution in [0.15, 0.2) is 72.9 Å². The first-order chi connectivity index (χ1) is 13.0. The smallest absolute Gasteiger partial charge is 0.270 e. The van der Waals surface area contributed by atoms with Crippen molar-refractivity contribution in [3.63, 3.8) is 0 Å². The van der Waals surface area contributed by atoms with Gasteiger partial charge in [-0.25, -0.2) is 0 Å². The minimum Gasteiger partial charge on any atom is -0.378 e. The van der Waals surface area contributed by atoms with Gasteiger partial charge in [-0.2, -0.15) is 0 Å². The average molecular weight is 360 g/mol. The molecule has 0 aliphatic rings. The largest absolute Gasteiger partial charge is 0.378 e. The van der Waals surface area contributed by atoms with Crippen molar-refractivity contribution < 1.29 is 4.79 Å². The molecule has 1 aromatic heterocycles. The van der Waals surface area contributed by atoms with E-state index in [0.717, 1.165) is 22.6 Å². The van der Waals surface area contributed by atoms with Gasteiger partial charge in [0.25, 0.3) is 5.91 Å². The van der Waals surface area contributed by atoms with E-state index in [2.05, 4.69) is 15.6 Å². The normalized spacial score (nSPS) is 11.5. The summed E-state index contributed by atoms with van der Waals surface area (Å²) in [6.07, 6.45) is 1.64. The van der Waals surface area contributed by atoms with E-state index in [1.54, 1.807) is 12.3 Å². The zero-order valence-corrected chi connectivity index (χ0v) is 15.8. The number of nitrogens with one attached hydrogen (secondary N) is 2. The van der Waals surface area contributed by atoms with Crippen LogP contribution in [-0.4, -0.2) is 25.0 Å². The first-order valence-corrected chi connectivity index (χ1v) is 8.89. The summed E-state index contributed by atoms with van der Waals surface area (Å²) < 4.78 is 0. The Morgan fingerprint density at radius 2 is 1.67 bits per heavy atom. The summed E-state index contributed by atoms with van der Waals surface area (Å²) in [5.74, 6) is -0.196. The van der Waals surface area contributed by atoms with Crippen molar-refractivity contribution in [2.75, 3.05) is 24.3 Å². The Hall–Kier alpha value is -3.34. The molecule has 2 N–H and O–H groups in total. The number of benzene rings is 2. The topological polar surface area (TPSA) is 57.3 Å². The fraction of sp³-hybridized carbons (Fsp3) is 0.182. The summed E-state index contributed by atoms with van der Waals surface area (Å²) in [4.78, 5) is 18.8. The Morgan fingerprint density at radius 1 is 0.963 bits per heavy atom. The second kappa shape index (κ2) is 8.36. The summed E-state index contributed by atoms with van der Waals surface area (Å²) in [6, 6.07) is 21.5. The number of aromatic nitrogens is 1. The lowest BCUT2D eigenvalue weighted by atomic mass is 10.1. The molecule has 0 saturated heterocycles. The quantitative estimate of drug-likeness (QED) is 0.685. The number of carbonyl (C=O) groups excluding carboxylic acids is 1. The maximum Gasteiger partial charge on any atom is 0.270 e. The Morgan fingerprint density at radius 3 is 2.33 bits per heavy atom. The van der Waals surface area contributed by atoms with Crippen LogP contribution in [0.2, 0.25) is 0 Å². The molecule has 0 saturated carbocycles. The van der Waals surface area contributed by atoms with Crippen LogP contribution in [0.25, 0.3) is 0 Å². The van der Waals surface area contributed by atoms with Crippen LogP contribution < -0.4 is 15.5 Å². The minimum atomic E-state index is -0.196. The number of pyridine rings is 1. The zero-order valence-electron chi connectivity index (χ0n) is 15.8. The standard InChI is InChI=1S/C22H24N4O/c1-16(17-7-5-4-6-8-17)24-22(27)21-15-19(13-14-23-21)25-18-9-11-20(12-10-18)26(2)3/h4-16H,1-3H3,(H,23,25)(H,24,27). The van der Waals surface area contributed by atoms with E-state index < -0.39 is 0 Å². The van der Waals surface area contributed by atoms with E-state index in [1.165, 1.54) is 0 Å². The van der Waals surface area contributed by atoms with Crippen molar-refractivity contribution in [1.29, 1.82) is 0 Å². The van der Waals surface area contributed by atoms with Gasteiger partial charge in [0.05, 0.1) is 6.04 Å². The first kappa shape index (κ1) is 18.5. The molecule has 2 aromatic carbocycles. The molecule has 5 nitrogen and oxygen atoms in total. The minimum absolute atomic E-state index is 0.0873. The number of amides is 1. The lowest BCUT2D eigenvalue weighted by molar-refractivity contribution is 0.0935. The summed E-state index contributed by atoms with van der Waals surface area (Å²) in [6.45, 7) is 1.96. The van der Waals surface area contributed by atoms with Crippen LogP contribution in [0.3, 0.4) is 0 Å². The molecule has 0 fully saturated rings. The molecule has 1 atom stereocenters. The number of rotatable bonds is 6. The number of hydrogen-bond donors (Lipinski definition) is 2. The van der Waals surface area contributed by atoms with E-state index in [9.17, 15) is 4.79 Å². The molecular formula is C22H24N4O. The van der Waals surface area contributed by atoms with Gasteiger partial charge in [0.15, 0.2) is 0 Å². The van der Waals surface area contributed by atoms with Crippen LogP contribution in [0.5, 0.6) is 0 Å². The molecule has 0 aliphatic carbocycles. The molecule has 138 valence electrons. The highest BCUT2D eigenvalue weighted by molar-refractivity contribution is 5.93. The lowest BCUT2D eigenvalue weighted by Gasteiger charge is -2.15. The molecule has 0 spiro atoms. The van der Waals surface area contributed by atoms with Crippen molar-refractivity contribution in [2.24, 2.45) is 0 Å². The molecule has 0 aliphatic heterocycles. The fourth-order valence-electron chi connectivity index (χ4n) is 2.74. The molecule has 27 heavy (non-hydrogen) atoms. The zero-order chi connectivity index (χ0) is 19.2. The van der Waals surface area contributed by atoms with Gasteiger partial charge in [0.2, 0.25) is 0 Å². The number of nitrogens with zero attached hydrogens (tertiary/aromatic N) is 2. The van der Waals surface area contributed by atoms with E-state index in [0.29, 0.717) is 5.69 Å². The summed E-state index contributed by atoms with van der Waals surface area (Å²) in [5.41, 5.74) is 4.34. The van der Waals surface area contributed by atoms with E-state index in [-0.39, 0.29) is 11.9 Å². The Bertz CT molecular complexity index is 892. The van der Waals surface area contributed by atoms with E-state index in [1.807, 2.05) is 86.6 Å². The summed E-state index contributed by atoms with van der Waals surface area (Å²) >= 11 is 0. The third-order valence-electron chi connectivity index (χ3n) is 4.31. The van der Waals surface area contributed by atoms with Gasteiger partial charge in [0, 0.05) is 37.4 Å². The van der Waals surface area contributed by atoms with E-state index in [4.69, 9.17) is 0 Å². The second-order valence-corrected chi connectivity index (χ2v) is 6.60. The molecular weight excluding hydrogens is 336 g/mol. The van der Waals surface area contributed by atoms with Gasteiger partial charge in [0.1, 0.15) is 5.69 Å². The highest BCUT2D eigenvalue weighted by atomic mass is 16.1. The number of carbonyl (C=O) groups is 1. The third-order valence-corrected chi connectivity index (χ3v) is 4.31. The SMILES string of the molecule is CC(NC(=O)c1cc(Nc2ccc(N(C)C)cc2)ccn1)c1ccccc1. The van der Waals surface area contributed by atoms with Crippen molar-refractivity contribution in [3.05, 3.63) is 84.2 Å². The lowest BCUT2D eigenvalue weighted by Crippen LogP contribution is -2.27. The molecule has 0 bridgehead atoms. The number of hydrogen-bond acceptors (Lipinski definition) is 4. The van der Waals surface area contributed by atoms with Crippen LogP contribution in [0.1, 0.15) is 29.0 Å². The Balaban J connectivity index is 1.68. The van der Waals surface area contributed by atoms with Crippen LogP contribution >= 0.6 is 0 Å². The third kappa shape index (κ3) is 4.85. The molecule has 5 heteroatoms. The van der Waals surface area contributed by atoms with Gasteiger partial charge < -0.3 is 15.5 Å². The predicted molar refractivity (Wildman–Crippen MR) is 111 cm³/mol. The maximum atomic E-state index is 12.5.